The molecule has 2 N–H and O–H groups in total. The molecule has 0 bridgehead atoms. The number of likely N-dealkylation sites (tertiary alicyclic amines) is 1. The second-order valence-electron chi connectivity index (χ2n) is 11.3. The molecule has 4 rings (SSSR count). The Kier molecular flexibility index (Phi) is 10.2. The Balaban J connectivity index is 1.23. The molecule has 2 aliphatic heterocycles. The van der Waals surface area contributed by atoms with Gasteiger partial charge in [0.25, 0.3) is 5.60 Å². The van der Waals surface area contributed by atoms with E-state index in [2.05, 4.69) is 5.32 Å². The number of benzene rings is 2. The molecule has 5 nitrogen and oxygen atoms in total. The summed E-state index contributed by atoms with van der Waals surface area (Å²) in [6, 6.07) is 8.46. The monoisotopic (exact) mass is 604 g/mol. The molecular weight excluding hydrogens is 569 g/mol. The SMILES string of the molecule is O=C(CCCC1CCOC1)Nc1ccc(CC2CCN(Cc3ccc(C(O)(C(F)(F)F)C(F)(F)F)cc3)CC2)cc1F. The topological polar surface area (TPSA) is 61.8 Å². The average molecular weight is 605 g/mol. The van der Waals surface area contributed by atoms with Crippen molar-refractivity contribution in [1.29, 1.82) is 0 Å². The van der Waals surface area contributed by atoms with Gasteiger partial charge in [0.1, 0.15) is 5.82 Å². The van der Waals surface area contributed by atoms with Crippen molar-refractivity contribution in [1.82, 2.24) is 4.90 Å². The van der Waals surface area contributed by atoms with Crippen LogP contribution in [0.5, 0.6) is 0 Å². The van der Waals surface area contributed by atoms with Crippen LogP contribution in [0.4, 0.5) is 36.4 Å². The number of amides is 1. The van der Waals surface area contributed by atoms with Gasteiger partial charge in [-0.15, -0.1) is 0 Å². The van der Waals surface area contributed by atoms with Crippen LogP contribution < -0.4 is 5.32 Å². The van der Waals surface area contributed by atoms with E-state index in [4.69, 9.17) is 4.74 Å². The Morgan fingerprint density at radius 3 is 2.14 bits per heavy atom. The molecule has 232 valence electrons. The van der Waals surface area contributed by atoms with Gasteiger partial charge in [-0.3, -0.25) is 9.69 Å². The van der Waals surface area contributed by atoms with Crippen molar-refractivity contribution in [3.05, 3.63) is 65.0 Å². The molecule has 0 aliphatic carbocycles. The summed E-state index contributed by atoms with van der Waals surface area (Å²) in [4.78, 5) is 14.3. The van der Waals surface area contributed by atoms with Crippen molar-refractivity contribution in [2.45, 2.75) is 69.4 Å². The van der Waals surface area contributed by atoms with E-state index >= 15 is 0 Å². The number of hydrogen-bond acceptors (Lipinski definition) is 4. The highest BCUT2D eigenvalue weighted by molar-refractivity contribution is 5.90. The van der Waals surface area contributed by atoms with Gasteiger partial charge in [0.2, 0.25) is 5.91 Å². The molecule has 1 amide bonds. The molecule has 12 heteroatoms. The first-order chi connectivity index (χ1) is 19.8. The highest BCUT2D eigenvalue weighted by Crippen LogP contribution is 2.50. The number of halogens is 7. The van der Waals surface area contributed by atoms with Crippen LogP contribution >= 0.6 is 0 Å². The zero-order valence-electron chi connectivity index (χ0n) is 23.0. The number of hydrogen-bond donors (Lipinski definition) is 2. The number of aliphatic hydroxyl groups is 1. The van der Waals surface area contributed by atoms with Gasteiger partial charge < -0.3 is 15.2 Å². The number of anilines is 1. The van der Waals surface area contributed by atoms with Gasteiger partial charge in [0, 0.05) is 31.7 Å². The van der Waals surface area contributed by atoms with E-state index in [0.29, 0.717) is 56.1 Å². The Morgan fingerprint density at radius 1 is 0.929 bits per heavy atom. The number of rotatable bonds is 10. The molecule has 1 unspecified atom stereocenters. The molecule has 0 radical (unpaired) electrons. The first-order valence-electron chi connectivity index (χ1n) is 14.1. The summed E-state index contributed by atoms with van der Waals surface area (Å²) < 4.78 is 98.7. The summed E-state index contributed by atoms with van der Waals surface area (Å²) >= 11 is 0. The van der Waals surface area contributed by atoms with Gasteiger partial charge in [0.15, 0.2) is 0 Å². The van der Waals surface area contributed by atoms with Crippen LogP contribution in [-0.2, 0) is 28.1 Å². The first kappa shape index (κ1) is 32.2. The zero-order chi connectivity index (χ0) is 30.5. The number of nitrogens with one attached hydrogen (secondary N) is 1. The molecule has 2 aromatic carbocycles. The molecule has 2 saturated heterocycles. The number of piperidine rings is 1. The average Bonchev–Trinajstić information content (AvgIpc) is 3.44. The minimum absolute atomic E-state index is 0.151. The van der Waals surface area contributed by atoms with Crippen LogP contribution in [0.25, 0.3) is 0 Å². The summed E-state index contributed by atoms with van der Waals surface area (Å²) in [5, 5.41) is 12.2. The quantitative estimate of drug-likeness (QED) is 0.295. The molecule has 0 saturated carbocycles. The third-order valence-electron chi connectivity index (χ3n) is 8.18. The second-order valence-corrected chi connectivity index (χ2v) is 11.3. The predicted molar refractivity (Wildman–Crippen MR) is 142 cm³/mol. The summed E-state index contributed by atoms with van der Waals surface area (Å²) in [6.45, 7) is 3.15. The molecule has 2 heterocycles. The Labute approximate surface area is 240 Å². The van der Waals surface area contributed by atoms with Crippen LogP contribution in [0.15, 0.2) is 42.5 Å². The van der Waals surface area contributed by atoms with Crippen molar-refractivity contribution in [3.63, 3.8) is 0 Å². The van der Waals surface area contributed by atoms with Gasteiger partial charge >= 0.3 is 12.4 Å². The smallest absolute Gasteiger partial charge is 0.381 e. The zero-order valence-corrected chi connectivity index (χ0v) is 23.0. The highest BCUT2D eigenvalue weighted by Gasteiger charge is 2.71. The van der Waals surface area contributed by atoms with Crippen molar-refractivity contribution in [2.75, 3.05) is 31.6 Å². The van der Waals surface area contributed by atoms with E-state index in [9.17, 15) is 40.6 Å². The van der Waals surface area contributed by atoms with E-state index in [1.807, 2.05) is 4.90 Å². The van der Waals surface area contributed by atoms with Crippen LogP contribution in [0.1, 0.15) is 55.2 Å². The van der Waals surface area contributed by atoms with E-state index in [1.54, 1.807) is 12.1 Å². The molecule has 0 aromatic heterocycles. The Hall–Kier alpha value is -2.70. The highest BCUT2D eigenvalue weighted by atomic mass is 19.4. The predicted octanol–water partition coefficient (Wildman–Crippen LogP) is 6.74. The lowest BCUT2D eigenvalue weighted by molar-refractivity contribution is -0.376. The summed E-state index contributed by atoms with van der Waals surface area (Å²) in [5.74, 6) is 0.0490. The van der Waals surface area contributed by atoms with E-state index in [-0.39, 0.29) is 17.5 Å². The third kappa shape index (κ3) is 7.82. The molecule has 42 heavy (non-hydrogen) atoms. The number of carbonyl (C=O) groups is 1. The number of alkyl halides is 6. The second kappa shape index (κ2) is 13.3. The number of nitrogens with zero attached hydrogens (tertiary/aromatic N) is 1. The lowest BCUT2D eigenvalue weighted by Gasteiger charge is -2.33. The lowest BCUT2D eigenvalue weighted by Crippen LogP contribution is -2.53. The minimum Gasteiger partial charge on any atom is -0.381 e. The van der Waals surface area contributed by atoms with E-state index < -0.39 is 29.3 Å². The minimum atomic E-state index is -5.92. The van der Waals surface area contributed by atoms with E-state index in [1.165, 1.54) is 6.07 Å². The molecule has 2 aliphatic rings. The summed E-state index contributed by atoms with van der Waals surface area (Å²) in [7, 11) is 0. The fourth-order valence-electron chi connectivity index (χ4n) is 5.64. The molecular formula is C30H35F7N2O3. The van der Waals surface area contributed by atoms with Crippen molar-refractivity contribution in [2.24, 2.45) is 11.8 Å². The van der Waals surface area contributed by atoms with Crippen LogP contribution in [0.3, 0.4) is 0 Å². The first-order valence-corrected chi connectivity index (χ1v) is 14.1. The van der Waals surface area contributed by atoms with Gasteiger partial charge in [-0.25, -0.2) is 4.39 Å². The largest absolute Gasteiger partial charge is 0.430 e. The molecule has 2 fully saturated rings. The number of carbonyl (C=O) groups excluding carboxylic acids is 1. The standard InChI is InChI=1S/C30H35F7N2O3/c31-25-17-23(6-9-26(25)38-27(40)3-1-2-22-12-15-42-19-22)16-20-10-13-39(14-11-20)18-21-4-7-24(8-5-21)28(41,29(32,33)34)30(35,36)37/h4-9,17,20,22,41H,1-3,10-16,18-19H2,(H,38,40). The van der Waals surface area contributed by atoms with Crippen LogP contribution in [0.2, 0.25) is 0 Å². The fourth-order valence-corrected chi connectivity index (χ4v) is 5.64. The molecule has 2 aromatic rings. The Bertz CT molecular complexity index is 1170. The summed E-state index contributed by atoms with van der Waals surface area (Å²) in [5.41, 5.74) is -4.74. The molecule has 1 atom stereocenters. The number of ether oxygens (including phenoxy) is 1. The lowest BCUT2D eigenvalue weighted by atomic mass is 9.89. The Morgan fingerprint density at radius 2 is 1.57 bits per heavy atom. The van der Waals surface area contributed by atoms with Gasteiger partial charge in [0.05, 0.1) is 5.69 Å². The van der Waals surface area contributed by atoms with E-state index in [0.717, 1.165) is 63.0 Å². The maximum atomic E-state index is 14.7. The fraction of sp³-hybridized carbons (Fsp3) is 0.567. The van der Waals surface area contributed by atoms with Crippen LogP contribution in [-0.4, -0.2) is 54.6 Å². The van der Waals surface area contributed by atoms with Gasteiger partial charge in [-0.05, 0) is 86.7 Å². The normalized spacial score (nSPS) is 19.3. The van der Waals surface area contributed by atoms with Crippen molar-refractivity contribution >= 4 is 11.6 Å². The molecule has 0 spiro atoms. The van der Waals surface area contributed by atoms with Crippen molar-refractivity contribution in [3.8, 4) is 0 Å². The van der Waals surface area contributed by atoms with Crippen molar-refractivity contribution < 1.29 is 45.4 Å². The maximum absolute atomic E-state index is 14.7. The third-order valence-corrected chi connectivity index (χ3v) is 8.18. The summed E-state index contributed by atoms with van der Waals surface area (Å²) in [6.07, 6.45) is -6.66. The van der Waals surface area contributed by atoms with Gasteiger partial charge in [-0.1, -0.05) is 30.3 Å². The van der Waals surface area contributed by atoms with Gasteiger partial charge in [-0.2, -0.15) is 26.3 Å². The maximum Gasteiger partial charge on any atom is 0.430 e. The van der Waals surface area contributed by atoms with Crippen LogP contribution in [0, 0.1) is 17.7 Å².